The smallest absolute Gasteiger partial charge is 0.335 e. The SMILES string of the molecule is O=C(O)c1ccc2c(c1)NN(Cc1ccccc1)N2. The van der Waals surface area contributed by atoms with Crippen LogP contribution in [0.4, 0.5) is 11.4 Å². The van der Waals surface area contributed by atoms with Crippen molar-refractivity contribution < 1.29 is 9.90 Å². The van der Waals surface area contributed by atoms with Gasteiger partial charge in [0.25, 0.3) is 0 Å². The number of carboxylic acids is 1. The van der Waals surface area contributed by atoms with Crippen LogP contribution in [0.15, 0.2) is 48.5 Å². The average molecular weight is 255 g/mol. The van der Waals surface area contributed by atoms with E-state index in [4.69, 9.17) is 5.11 Å². The van der Waals surface area contributed by atoms with E-state index in [2.05, 4.69) is 10.9 Å². The van der Waals surface area contributed by atoms with Crippen molar-refractivity contribution in [3.63, 3.8) is 0 Å². The summed E-state index contributed by atoms with van der Waals surface area (Å²) in [7, 11) is 0. The number of hydrazine groups is 2. The Bertz CT molecular complexity index is 613. The zero-order chi connectivity index (χ0) is 13.2. The molecule has 0 saturated carbocycles. The second kappa shape index (κ2) is 4.62. The zero-order valence-corrected chi connectivity index (χ0v) is 10.1. The molecule has 1 heterocycles. The number of aromatic carboxylic acids is 1. The molecular formula is C14H13N3O2. The topological polar surface area (TPSA) is 64.6 Å². The van der Waals surface area contributed by atoms with Gasteiger partial charge < -0.3 is 5.11 Å². The van der Waals surface area contributed by atoms with E-state index in [0.717, 1.165) is 16.9 Å². The van der Waals surface area contributed by atoms with Gasteiger partial charge in [-0.1, -0.05) is 30.3 Å². The molecule has 0 saturated heterocycles. The summed E-state index contributed by atoms with van der Waals surface area (Å²) in [5.74, 6) is -0.925. The first kappa shape index (κ1) is 11.6. The van der Waals surface area contributed by atoms with E-state index in [1.807, 2.05) is 35.4 Å². The van der Waals surface area contributed by atoms with Gasteiger partial charge in [-0.25, -0.2) is 4.79 Å². The average Bonchev–Trinajstić information content (AvgIpc) is 2.80. The number of fused-ring (bicyclic) bond motifs is 1. The van der Waals surface area contributed by atoms with Crippen LogP contribution in [0.3, 0.4) is 0 Å². The van der Waals surface area contributed by atoms with Crippen LogP contribution in [-0.4, -0.2) is 16.2 Å². The molecule has 3 N–H and O–H groups in total. The molecule has 0 bridgehead atoms. The fraction of sp³-hybridized carbons (Fsp3) is 0.0714. The molecule has 0 radical (unpaired) electrons. The highest BCUT2D eigenvalue weighted by Gasteiger charge is 2.18. The molecule has 2 aromatic rings. The summed E-state index contributed by atoms with van der Waals surface area (Å²) in [6, 6.07) is 15.0. The van der Waals surface area contributed by atoms with Gasteiger partial charge in [0.05, 0.1) is 23.5 Å². The highest BCUT2D eigenvalue weighted by atomic mass is 16.4. The Morgan fingerprint density at radius 3 is 2.53 bits per heavy atom. The van der Waals surface area contributed by atoms with Crippen molar-refractivity contribution in [3.05, 3.63) is 59.7 Å². The molecule has 0 fully saturated rings. The molecule has 5 heteroatoms. The summed E-state index contributed by atoms with van der Waals surface area (Å²) in [6.45, 7) is 0.678. The Labute approximate surface area is 110 Å². The van der Waals surface area contributed by atoms with E-state index in [1.54, 1.807) is 18.2 Å². The first-order chi connectivity index (χ1) is 9.22. The maximum atomic E-state index is 10.9. The van der Waals surface area contributed by atoms with Crippen LogP contribution in [0.25, 0.3) is 0 Å². The van der Waals surface area contributed by atoms with Crippen LogP contribution >= 0.6 is 0 Å². The minimum absolute atomic E-state index is 0.273. The van der Waals surface area contributed by atoms with Crippen LogP contribution in [0.2, 0.25) is 0 Å². The third-order valence-corrected chi connectivity index (χ3v) is 2.96. The summed E-state index contributed by atoms with van der Waals surface area (Å²) in [5.41, 5.74) is 9.40. The third-order valence-electron chi connectivity index (χ3n) is 2.96. The number of hydrogen-bond donors (Lipinski definition) is 3. The molecular weight excluding hydrogens is 242 g/mol. The monoisotopic (exact) mass is 255 g/mol. The normalized spacial score (nSPS) is 13.5. The predicted molar refractivity (Wildman–Crippen MR) is 72.6 cm³/mol. The molecule has 96 valence electrons. The molecule has 0 amide bonds. The highest BCUT2D eigenvalue weighted by Crippen LogP contribution is 2.29. The minimum Gasteiger partial charge on any atom is -0.478 e. The maximum absolute atomic E-state index is 10.9. The van der Waals surface area contributed by atoms with Gasteiger partial charge in [0.15, 0.2) is 0 Å². The van der Waals surface area contributed by atoms with Crippen molar-refractivity contribution >= 4 is 17.3 Å². The Balaban J connectivity index is 1.75. The number of benzene rings is 2. The number of rotatable bonds is 3. The lowest BCUT2D eigenvalue weighted by Crippen LogP contribution is -2.28. The van der Waals surface area contributed by atoms with Gasteiger partial charge in [-0.3, -0.25) is 10.9 Å². The summed E-state index contributed by atoms with van der Waals surface area (Å²) in [4.78, 5) is 10.9. The van der Waals surface area contributed by atoms with Gasteiger partial charge in [0, 0.05) is 0 Å². The standard InChI is InChI=1S/C14H13N3O2/c18-14(19)11-6-7-12-13(8-11)16-17(15-12)9-10-4-2-1-3-5-10/h1-8,15-16H,9H2,(H,18,19). The third kappa shape index (κ3) is 2.36. The number of carbonyl (C=O) groups is 1. The van der Waals surface area contributed by atoms with Crippen LogP contribution in [-0.2, 0) is 6.54 Å². The molecule has 1 aliphatic heterocycles. The van der Waals surface area contributed by atoms with Gasteiger partial charge in [-0.2, -0.15) is 0 Å². The van der Waals surface area contributed by atoms with Gasteiger partial charge in [-0.15, -0.1) is 5.12 Å². The van der Waals surface area contributed by atoms with Gasteiger partial charge in [0.1, 0.15) is 0 Å². The molecule has 0 spiro atoms. The van der Waals surface area contributed by atoms with Gasteiger partial charge >= 0.3 is 5.97 Å². The predicted octanol–water partition coefficient (Wildman–Crippen LogP) is 2.55. The summed E-state index contributed by atoms with van der Waals surface area (Å²) < 4.78 is 0. The molecule has 5 nitrogen and oxygen atoms in total. The molecule has 0 atom stereocenters. The Kier molecular flexibility index (Phi) is 2.81. The number of anilines is 2. The lowest BCUT2D eigenvalue weighted by molar-refractivity contribution is 0.0697. The van der Waals surface area contributed by atoms with Crippen molar-refractivity contribution in [1.29, 1.82) is 0 Å². The number of nitrogens with zero attached hydrogens (tertiary/aromatic N) is 1. The fourth-order valence-corrected chi connectivity index (χ4v) is 2.03. The lowest BCUT2D eigenvalue weighted by Gasteiger charge is -2.16. The Morgan fingerprint density at radius 1 is 1.05 bits per heavy atom. The van der Waals surface area contributed by atoms with Crippen LogP contribution in [0.5, 0.6) is 0 Å². The molecule has 0 aromatic heterocycles. The number of hydrogen-bond acceptors (Lipinski definition) is 4. The molecule has 2 aromatic carbocycles. The first-order valence-electron chi connectivity index (χ1n) is 5.94. The van der Waals surface area contributed by atoms with Gasteiger partial charge in [0.2, 0.25) is 0 Å². The van der Waals surface area contributed by atoms with Crippen molar-refractivity contribution in [2.24, 2.45) is 0 Å². The zero-order valence-electron chi connectivity index (χ0n) is 10.1. The lowest BCUT2D eigenvalue weighted by atomic mass is 10.2. The van der Waals surface area contributed by atoms with Crippen molar-refractivity contribution in [2.45, 2.75) is 6.54 Å². The maximum Gasteiger partial charge on any atom is 0.335 e. The second-order valence-corrected chi connectivity index (χ2v) is 4.36. The summed E-state index contributed by atoms with van der Waals surface area (Å²) >= 11 is 0. The number of nitrogens with one attached hydrogen (secondary N) is 2. The Hall–Kier alpha value is -2.53. The molecule has 0 aliphatic carbocycles. The van der Waals surface area contributed by atoms with Gasteiger partial charge in [-0.05, 0) is 23.8 Å². The second-order valence-electron chi connectivity index (χ2n) is 4.36. The van der Waals surface area contributed by atoms with E-state index in [1.165, 1.54) is 0 Å². The largest absolute Gasteiger partial charge is 0.478 e. The first-order valence-corrected chi connectivity index (χ1v) is 5.94. The molecule has 0 unspecified atom stereocenters. The highest BCUT2D eigenvalue weighted by molar-refractivity contribution is 5.91. The quantitative estimate of drug-likeness (QED) is 0.786. The van der Waals surface area contributed by atoms with Crippen molar-refractivity contribution in [3.8, 4) is 0 Å². The van der Waals surface area contributed by atoms with E-state index in [-0.39, 0.29) is 5.56 Å². The Morgan fingerprint density at radius 2 is 1.79 bits per heavy atom. The van der Waals surface area contributed by atoms with Crippen LogP contribution in [0.1, 0.15) is 15.9 Å². The summed E-state index contributed by atoms with van der Waals surface area (Å²) in [6.07, 6.45) is 0. The summed E-state index contributed by atoms with van der Waals surface area (Å²) in [5, 5.41) is 10.8. The van der Waals surface area contributed by atoms with Crippen LogP contribution in [0, 0.1) is 0 Å². The van der Waals surface area contributed by atoms with E-state index < -0.39 is 5.97 Å². The van der Waals surface area contributed by atoms with Crippen molar-refractivity contribution in [1.82, 2.24) is 5.12 Å². The van der Waals surface area contributed by atoms with E-state index in [9.17, 15) is 4.79 Å². The van der Waals surface area contributed by atoms with Crippen LogP contribution < -0.4 is 10.9 Å². The number of carboxylic acid groups (broad SMARTS) is 1. The van der Waals surface area contributed by atoms with E-state index >= 15 is 0 Å². The fourth-order valence-electron chi connectivity index (χ4n) is 2.03. The molecule has 1 aliphatic rings. The van der Waals surface area contributed by atoms with E-state index in [0.29, 0.717) is 6.54 Å². The molecule has 3 rings (SSSR count). The minimum atomic E-state index is -0.925. The van der Waals surface area contributed by atoms with Crippen molar-refractivity contribution in [2.75, 3.05) is 10.9 Å². The molecule has 19 heavy (non-hydrogen) atoms.